The van der Waals surface area contributed by atoms with E-state index in [-0.39, 0.29) is 6.04 Å². The first-order chi connectivity index (χ1) is 11.4. The van der Waals surface area contributed by atoms with Crippen LogP contribution in [-0.2, 0) is 10.0 Å². The van der Waals surface area contributed by atoms with Gasteiger partial charge in [-0.1, -0.05) is 25.1 Å². The summed E-state index contributed by atoms with van der Waals surface area (Å²) in [6, 6.07) is 9.64. The molecule has 130 valence electrons. The Morgan fingerprint density at radius 3 is 2.33 bits per heavy atom. The van der Waals surface area contributed by atoms with Crippen molar-refractivity contribution in [2.45, 2.75) is 57.4 Å². The monoisotopic (exact) mass is 347 g/mol. The third-order valence-corrected chi connectivity index (χ3v) is 6.60. The van der Waals surface area contributed by atoms with Gasteiger partial charge < -0.3 is 0 Å². The molecule has 1 aromatic heterocycles. The summed E-state index contributed by atoms with van der Waals surface area (Å²) >= 11 is 0. The van der Waals surface area contributed by atoms with Crippen LogP contribution >= 0.6 is 0 Å². The second kappa shape index (κ2) is 6.69. The highest BCUT2D eigenvalue weighted by Crippen LogP contribution is 2.27. The number of sulfonamides is 1. The van der Waals surface area contributed by atoms with E-state index >= 15 is 0 Å². The molecule has 3 rings (SSSR count). The molecule has 1 fully saturated rings. The van der Waals surface area contributed by atoms with E-state index in [1.165, 1.54) is 0 Å². The van der Waals surface area contributed by atoms with Crippen molar-refractivity contribution in [2.75, 3.05) is 0 Å². The molecule has 0 aliphatic heterocycles. The topological polar surface area (TPSA) is 64.0 Å². The molecular weight excluding hydrogens is 322 g/mol. The summed E-state index contributed by atoms with van der Waals surface area (Å²) in [5.41, 5.74) is 2.05. The summed E-state index contributed by atoms with van der Waals surface area (Å²) in [5, 5.41) is 4.45. The van der Waals surface area contributed by atoms with Crippen LogP contribution in [0.4, 0.5) is 0 Å². The molecule has 0 spiro atoms. The van der Waals surface area contributed by atoms with Crippen LogP contribution in [0.3, 0.4) is 0 Å². The van der Waals surface area contributed by atoms with Crippen LogP contribution in [0.2, 0.25) is 0 Å². The fourth-order valence-corrected chi connectivity index (χ4v) is 5.19. The fraction of sp³-hybridized carbons (Fsp3) is 0.500. The highest BCUT2D eigenvalue weighted by atomic mass is 32.2. The molecule has 1 aromatic carbocycles. The summed E-state index contributed by atoms with van der Waals surface area (Å²) in [4.78, 5) is 0.310. The first-order valence-electron chi connectivity index (χ1n) is 8.52. The van der Waals surface area contributed by atoms with Gasteiger partial charge in [0.25, 0.3) is 0 Å². The molecule has 0 atom stereocenters. The predicted octanol–water partition coefficient (Wildman–Crippen LogP) is 3.35. The highest BCUT2D eigenvalue weighted by Gasteiger charge is 2.29. The van der Waals surface area contributed by atoms with Crippen LogP contribution in [0.25, 0.3) is 5.69 Å². The third kappa shape index (κ3) is 3.39. The van der Waals surface area contributed by atoms with E-state index in [4.69, 9.17) is 0 Å². The molecule has 5 nitrogen and oxygen atoms in total. The first kappa shape index (κ1) is 17.2. The van der Waals surface area contributed by atoms with E-state index in [1.54, 1.807) is 11.6 Å². The number of nitrogens with zero attached hydrogens (tertiary/aromatic N) is 2. The largest absolute Gasteiger partial charge is 0.244 e. The minimum Gasteiger partial charge on any atom is -0.236 e. The SMILES string of the molecule is Cc1nn(-c2ccccc2)c(C)c1S(=O)(=O)NC1CCC(C)CC1. The van der Waals surface area contributed by atoms with Crippen molar-refractivity contribution in [2.24, 2.45) is 5.92 Å². The van der Waals surface area contributed by atoms with Gasteiger partial charge in [0.05, 0.1) is 17.1 Å². The van der Waals surface area contributed by atoms with Gasteiger partial charge in [0, 0.05) is 6.04 Å². The van der Waals surface area contributed by atoms with Crippen molar-refractivity contribution in [1.82, 2.24) is 14.5 Å². The average Bonchev–Trinajstić information content (AvgIpc) is 2.85. The molecule has 0 unspecified atom stereocenters. The highest BCUT2D eigenvalue weighted by molar-refractivity contribution is 7.89. The first-order valence-corrected chi connectivity index (χ1v) is 10.0. The van der Waals surface area contributed by atoms with E-state index < -0.39 is 10.0 Å². The Hall–Kier alpha value is -1.66. The van der Waals surface area contributed by atoms with Crippen molar-refractivity contribution in [3.8, 4) is 5.69 Å². The number of para-hydroxylation sites is 1. The zero-order valence-corrected chi connectivity index (χ0v) is 15.3. The number of nitrogens with one attached hydrogen (secondary N) is 1. The average molecular weight is 347 g/mol. The summed E-state index contributed by atoms with van der Waals surface area (Å²) in [6.45, 7) is 5.79. The van der Waals surface area contributed by atoms with Crippen LogP contribution in [0, 0.1) is 19.8 Å². The van der Waals surface area contributed by atoms with E-state index in [0.29, 0.717) is 22.2 Å². The number of aryl methyl sites for hydroxylation is 1. The number of hydrogen-bond acceptors (Lipinski definition) is 3. The Labute approximate surface area is 144 Å². The third-order valence-electron chi connectivity index (χ3n) is 4.83. The zero-order valence-electron chi connectivity index (χ0n) is 14.5. The molecule has 1 aliphatic carbocycles. The Morgan fingerprint density at radius 2 is 1.71 bits per heavy atom. The smallest absolute Gasteiger partial charge is 0.236 e. The van der Waals surface area contributed by atoms with Crippen LogP contribution in [-0.4, -0.2) is 24.2 Å². The quantitative estimate of drug-likeness (QED) is 0.922. The van der Waals surface area contributed by atoms with E-state index in [0.717, 1.165) is 31.4 Å². The van der Waals surface area contributed by atoms with Crippen LogP contribution in [0.15, 0.2) is 35.2 Å². The molecule has 24 heavy (non-hydrogen) atoms. The lowest BCUT2D eigenvalue weighted by atomic mass is 9.88. The van der Waals surface area contributed by atoms with E-state index in [9.17, 15) is 8.42 Å². The summed E-state index contributed by atoms with van der Waals surface area (Å²) in [7, 11) is -3.56. The maximum atomic E-state index is 12.9. The standard InChI is InChI=1S/C18H25N3O2S/c1-13-9-11-16(12-10-13)20-24(22,23)18-14(2)19-21(15(18)3)17-7-5-4-6-8-17/h4-8,13,16,20H,9-12H2,1-3H3. The molecule has 1 aliphatic rings. The Morgan fingerprint density at radius 1 is 1.08 bits per heavy atom. The Balaban J connectivity index is 1.90. The summed E-state index contributed by atoms with van der Waals surface area (Å²) in [5.74, 6) is 0.690. The molecular formula is C18H25N3O2S. The molecule has 1 saturated carbocycles. The molecule has 0 bridgehead atoms. The predicted molar refractivity (Wildman–Crippen MR) is 94.8 cm³/mol. The molecule has 0 radical (unpaired) electrons. The molecule has 0 amide bonds. The van der Waals surface area contributed by atoms with Gasteiger partial charge in [0.2, 0.25) is 10.0 Å². The van der Waals surface area contributed by atoms with Crippen molar-refractivity contribution in [1.29, 1.82) is 0 Å². The van der Waals surface area contributed by atoms with Crippen LogP contribution in [0.1, 0.15) is 44.0 Å². The minimum atomic E-state index is -3.56. The van der Waals surface area contributed by atoms with Gasteiger partial charge in [-0.25, -0.2) is 17.8 Å². The van der Waals surface area contributed by atoms with Crippen molar-refractivity contribution in [3.05, 3.63) is 41.7 Å². The van der Waals surface area contributed by atoms with Crippen LogP contribution < -0.4 is 4.72 Å². The molecule has 1 heterocycles. The maximum absolute atomic E-state index is 12.9. The van der Waals surface area contributed by atoms with Crippen molar-refractivity contribution in [3.63, 3.8) is 0 Å². The zero-order chi connectivity index (χ0) is 17.3. The van der Waals surface area contributed by atoms with Crippen molar-refractivity contribution >= 4 is 10.0 Å². The molecule has 6 heteroatoms. The van der Waals surface area contributed by atoms with Crippen LogP contribution in [0.5, 0.6) is 0 Å². The number of rotatable bonds is 4. The van der Waals surface area contributed by atoms with Gasteiger partial charge in [-0.15, -0.1) is 0 Å². The number of aromatic nitrogens is 2. The fourth-order valence-electron chi connectivity index (χ4n) is 3.49. The Bertz CT molecular complexity index is 804. The second-order valence-electron chi connectivity index (χ2n) is 6.83. The minimum absolute atomic E-state index is 0.0325. The second-order valence-corrected chi connectivity index (χ2v) is 8.48. The van der Waals surface area contributed by atoms with E-state index in [1.807, 2.05) is 37.3 Å². The summed E-state index contributed by atoms with van der Waals surface area (Å²) in [6.07, 6.45) is 3.97. The maximum Gasteiger partial charge on any atom is 0.244 e. The lowest BCUT2D eigenvalue weighted by Crippen LogP contribution is -2.37. The van der Waals surface area contributed by atoms with Gasteiger partial charge >= 0.3 is 0 Å². The van der Waals surface area contributed by atoms with Gasteiger partial charge in [0.15, 0.2) is 0 Å². The number of benzene rings is 1. The van der Waals surface area contributed by atoms with Gasteiger partial charge in [-0.3, -0.25) is 0 Å². The lowest BCUT2D eigenvalue weighted by molar-refractivity contribution is 0.332. The van der Waals surface area contributed by atoms with Gasteiger partial charge in [-0.2, -0.15) is 5.10 Å². The number of hydrogen-bond donors (Lipinski definition) is 1. The molecule has 0 saturated heterocycles. The van der Waals surface area contributed by atoms with Crippen molar-refractivity contribution < 1.29 is 8.42 Å². The van der Waals surface area contributed by atoms with E-state index in [2.05, 4.69) is 16.7 Å². The molecule has 2 aromatic rings. The molecule has 1 N–H and O–H groups in total. The van der Waals surface area contributed by atoms with Gasteiger partial charge in [0.1, 0.15) is 4.90 Å². The lowest BCUT2D eigenvalue weighted by Gasteiger charge is -2.26. The normalized spacial score (nSPS) is 21.8. The summed E-state index contributed by atoms with van der Waals surface area (Å²) < 4.78 is 30.4. The Kier molecular flexibility index (Phi) is 4.78. The van der Waals surface area contributed by atoms with Gasteiger partial charge in [-0.05, 0) is 57.6 Å².